The number of nitrogens with one attached hydrogen (secondary N) is 1. The lowest BCUT2D eigenvalue weighted by Gasteiger charge is -2.03. The molecule has 0 heterocycles. The minimum absolute atomic E-state index is 0.0104. The van der Waals surface area contributed by atoms with E-state index in [1.807, 2.05) is 0 Å². The van der Waals surface area contributed by atoms with Crippen molar-refractivity contribution >= 4 is 17.6 Å². The van der Waals surface area contributed by atoms with E-state index in [1.165, 1.54) is 12.1 Å². The van der Waals surface area contributed by atoms with Gasteiger partial charge in [-0.3, -0.25) is 19.7 Å². The highest BCUT2D eigenvalue weighted by Crippen LogP contribution is 2.14. The van der Waals surface area contributed by atoms with Crippen LogP contribution in [0.15, 0.2) is 24.3 Å². The lowest BCUT2D eigenvalue weighted by molar-refractivity contribution is -0.384. The number of nitrogens with zero attached hydrogens (tertiary/aromatic N) is 1. The smallest absolute Gasteiger partial charge is 0.305 e. The molecule has 1 aromatic carbocycles. The molecule has 0 atom stereocenters. The van der Waals surface area contributed by atoms with E-state index in [-0.39, 0.29) is 31.0 Å². The maximum Gasteiger partial charge on any atom is 0.305 e. The molecule has 0 unspecified atom stereocenters. The Morgan fingerprint density at radius 2 is 2.05 bits per heavy atom. The van der Waals surface area contributed by atoms with E-state index >= 15 is 0 Å². The molecule has 1 rings (SSSR count). The highest BCUT2D eigenvalue weighted by molar-refractivity contribution is 5.77. The molecule has 0 aromatic heterocycles. The fourth-order valence-corrected chi connectivity index (χ4v) is 1.48. The first-order chi connectivity index (χ1) is 8.99. The van der Waals surface area contributed by atoms with E-state index < -0.39 is 10.9 Å². The zero-order valence-electron chi connectivity index (χ0n) is 10.2. The number of non-ortho nitro benzene ring substituents is 1. The fourth-order valence-electron chi connectivity index (χ4n) is 1.48. The first-order valence-electron chi connectivity index (χ1n) is 5.71. The normalized spacial score (nSPS) is 9.89. The molecule has 7 nitrogen and oxygen atoms in total. The van der Waals surface area contributed by atoms with Gasteiger partial charge in [0.25, 0.3) is 5.69 Å². The van der Waals surface area contributed by atoms with Crippen molar-refractivity contribution in [3.05, 3.63) is 39.9 Å². The second-order valence-corrected chi connectivity index (χ2v) is 3.92. The largest absolute Gasteiger partial charge is 0.481 e. The maximum absolute atomic E-state index is 11.4. The van der Waals surface area contributed by atoms with Crippen molar-refractivity contribution in [3.63, 3.8) is 0 Å². The zero-order chi connectivity index (χ0) is 14.3. The molecule has 0 saturated carbocycles. The number of rotatable bonds is 7. The highest BCUT2D eigenvalue weighted by atomic mass is 16.6. The molecule has 0 aliphatic heterocycles. The first kappa shape index (κ1) is 14.6. The first-order valence-corrected chi connectivity index (χ1v) is 5.71. The summed E-state index contributed by atoms with van der Waals surface area (Å²) in [4.78, 5) is 31.7. The van der Waals surface area contributed by atoms with Gasteiger partial charge in [-0.1, -0.05) is 12.1 Å². The van der Waals surface area contributed by atoms with Gasteiger partial charge in [-0.05, 0) is 12.0 Å². The van der Waals surface area contributed by atoms with Crippen LogP contribution in [-0.2, 0) is 16.0 Å². The van der Waals surface area contributed by atoms with E-state index in [0.29, 0.717) is 12.0 Å². The van der Waals surface area contributed by atoms with Gasteiger partial charge in [-0.15, -0.1) is 0 Å². The van der Waals surface area contributed by atoms with Crippen LogP contribution in [0.5, 0.6) is 0 Å². The molecule has 19 heavy (non-hydrogen) atoms. The monoisotopic (exact) mass is 266 g/mol. The van der Waals surface area contributed by atoms with Gasteiger partial charge in [0.05, 0.1) is 11.3 Å². The number of hydrogen-bond donors (Lipinski definition) is 2. The number of aliphatic carboxylic acids is 1. The van der Waals surface area contributed by atoms with Crippen molar-refractivity contribution < 1.29 is 19.6 Å². The SMILES string of the molecule is O=C(O)CCNC(=O)CCc1cccc([N+](=O)[O-])c1. The van der Waals surface area contributed by atoms with Gasteiger partial charge in [0.15, 0.2) is 0 Å². The number of carboxylic acids is 1. The van der Waals surface area contributed by atoms with Gasteiger partial charge in [0.2, 0.25) is 5.91 Å². The van der Waals surface area contributed by atoms with Gasteiger partial charge in [-0.2, -0.15) is 0 Å². The summed E-state index contributed by atoms with van der Waals surface area (Å²) < 4.78 is 0. The van der Waals surface area contributed by atoms with Crippen LogP contribution in [0.1, 0.15) is 18.4 Å². The quantitative estimate of drug-likeness (QED) is 0.567. The van der Waals surface area contributed by atoms with Crippen molar-refractivity contribution in [2.75, 3.05) is 6.54 Å². The maximum atomic E-state index is 11.4. The lowest BCUT2D eigenvalue weighted by atomic mass is 10.1. The minimum atomic E-state index is -0.973. The summed E-state index contributed by atoms with van der Waals surface area (Å²) in [5, 5.41) is 21.4. The van der Waals surface area contributed by atoms with Crippen LogP contribution in [0.2, 0.25) is 0 Å². The van der Waals surface area contributed by atoms with Crippen LogP contribution >= 0.6 is 0 Å². The van der Waals surface area contributed by atoms with Crippen LogP contribution in [0, 0.1) is 10.1 Å². The van der Waals surface area contributed by atoms with Gasteiger partial charge in [0, 0.05) is 25.1 Å². The van der Waals surface area contributed by atoms with Crippen molar-refractivity contribution in [2.24, 2.45) is 0 Å². The number of carboxylic acid groups (broad SMARTS) is 1. The predicted octanol–water partition coefficient (Wildman–Crippen LogP) is 1.12. The van der Waals surface area contributed by atoms with Crippen LogP contribution in [0.25, 0.3) is 0 Å². The van der Waals surface area contributed by atoms with Gasteiger partial charge in [0.1, 0.15) is 0 Å². The number of aryl methyl sites for hydroxylation is 1. The Morgan fingerprint density at radius 1 is 1.32 bits per heavy atom. The summed E-state index contributed by atoms with van der Waals surface area (Å²) in [6, 6.07) is 6.08. The van der Waals surface area contributed by atoms with E-state index in [1.54, 1.807) is 12.1 Å². The van der Waals surface area contributed by atoms with Crippen LogP contribution in [0.3, 0.4) is 0 Å². The summed E-state index contributed by atoms with van der Waals surface area (Å²) >= 11 is 0. The molecule has 0 aliphatic rings. The third-order valence-corrected chi connectivity index (χ3v) is 2.42. The topological polar surface area (TPSA) is 110 Å². The average Bonchev–Trinajstić information content (AvgIpc) is 2.36. The van der Waals surface area contributed by atoms with Crippen molar-refractivity contribution in [1.29, 1.82) is 0 Å². The molecule has 0 spiro atoms. The molecule has 102 valence electrons. The van der Waals surface area contributed by atoms with Crippen LogP contribution in [0.4, 0.5) is 5.69 Å². The molecule has 0 bridgehead atoms. The number of amides is 1. The molecule has 0 radical (unpaired) electrons. The number of nitro groups is 1. The molecule has 0 aliphatic carbocycles. The van der Waals surface area contributed by atoms with Crippen molar-refractivity contribution in [2.45, 2.75) is 19.3 Å². The molecule has 0 fully saturated rings. The van der Waals surface area contributed by atoms with Crippen LogP contribution < -0.4 is 5.32 Å². The Hall–Kier alpha value is -2.44. The summed E-state index contributed by atoms with van der Waals surface area (Å²) in [6.07, 6.45) is 0.421. The number of carbonyl (C=O) groups is 2. The summed E-state index contributed by atoms with van der Waals surface area (Å²) in [6.45, 7) is 0.0864. The van der Waals surface area contributed by atoms with Crippen LogP contribution in [-0.4, -0.2) is 28.5 Å². The molecule has 1 aromatic rings. The average molecular weight is 266 g/mol. The third kappa shape index (κ3) is 5.62. The molecule has 7 heteroatoms. The van der Waals surface area contributed by atoms with Gasteiger partial charge >= 0.3 is 5.97 Å². The van der Waals surface area contributed by atoms with Crippen molar-refractivity contribution in [1.82, 2.24) is 5.32 Å². The van der Waals surface area contributed by atoms with Gasteiger partial charge in [-0.25, -0.2) is 0 Å². The van der Waals surface area contributed by atoms with E-state index in [2.05, 4.69) is 5.32 Å². The molecular weight excluding hydrogens is 252 g/mol. The Balaban J connectivity index is 2.39. The van der Waals surface area contributed by atoms with E-state index in [4.69, 9.17) is 5.11 Å². The standard InChI is InChI=1S/C12H14N2O5/c15-11(13-7-6-12(16)17)5-4-9-2-1-3-10(8-9)14(18)19/h1-3,8H,4-7H2,(H,13,15)(H,16,17). The Labute approximate surface area is 109 Å². The Kier molecular flexibility index (Phi) is 5.46. The van der Waals surface area contributed by atoms with Crippen molar-refractivity contribution in [3.8, 4) is 0 Å². The summed E-state index contributed by atoms with van der Waals surface area (Å²) in [5.74, 6) is -1.24. The lowest BCUT2D eigenvalue weighted by Crippen LogP contribution is -2.26. The number of carbonyl (C=O) groups excluding carboxylic acids is 1. The Morgan fingerprint density at radius 3 is 2.68 bits per heavy atom. The van der Waals surface area contributed by atoms with E-state index in [0.717, 1.165) is 0 Å². The number of nitro benzene ring substituents is 1. The zero-order valence-corrected chi connectivity index (χ0v) is 10.2. The summed E-state index contributed by atoms with van der Waals surface area (Å²) in [5.41, 5.74) is 0.686. The third-order valence-electron chi connectivity index (χ3n) is 2.42. The second-order valence-electron chi connectivity index (χ2n) is 3.92. The number of benzene rings is 1. The second kappa shape index (κ2) is 7.10. The number of hydrogen-bond acceptors (Lipinski definition) is 4. The van der Waals surface area contributed by atoms with E-state index in [9.17, 15) is 19.7 Å². The predicted molar refractivity (Wildman–Crippen MR) is 66.7 cm³/mol. The molecule has 0 saturated heterocycles. The van der Waals surface area contributed by atoms with Gasteiger partial charge < -0.3 is 10.4 Å². The molecule has 1 amide bonds. The molecular formula is C12H14N2O5. The summed E-state index contributed by atoms with van der Waals surface area (Å²) in [7, 11) is 0. The molecule has 2 N–H and O–H groups in total. The highest BCUT2D eigenvalue weighted by Gasteiger charge is 2.07. The Bertz CT molecular complexity index is 487. The fraction of sp³-hybridized carbons (Fsp3) is 0.333. The minimum Gasteiger partial charge on any atom is -0.481 e.